The van der Waals surface area contributed by atoms with Crippen LogP contribution in [0.2, 0.25) is 0 Å². The number of aryl methyl sites for hydroxylation is 1. The van der Waals surface area contributed by atoms with E-state index in [-0.39, 0.29) is 11.5 Å². The van der Waals surface area contributed by atoms with Crippen LogP contribution in [0.5, 0.6) is 5.75 Å². The highest BCUT2D eigenvalue weighted by atomic mass is 16.5. The minimum absolute atomic E-state index is 0.119. The normalized spacial score (nSPS) is 10.9. The van der Waals surface area contributed by atoms with Gasteiger partial charge in [-0.25, -0.2) is 4.98 Å². The Balaban J connectivity index is 1.96. The van der Waals surface area contributed by atoms with Crippen molar-refractivity contribution in [2.45, 2.75) is 13.5 Å². The Labute approximate surface area is 162 Å². The standard InChI is InChI=1S/C22H20N4O2/c1-14-18-12-19(16-6-4-3-5-7-16)21(27)26(20(18)25-22(23)24-14)13-15-8-10-17(28-2)11-9-15/h3-12H,13H2,1-2H3,(H2,23,24,25). The Bertz CT molecular complexity index is 1200. The molecule has 0 saturated carbocycles. The van der Waals surface area contributed by atoms with Crippen molar-refractivity contribution in [2.24, 2.45) is 0 Å². The molecule has 0 radical (unpaired) electrons. The maximum atomic E-state index is 13.4. The maximum absolute atomic E-state index is 13.4. The van der Waals surface area contributed by atoms with Crippen molar-refractivity contribution in [3.63, 3.8) is 0 Å². The summed E-state index contributed by atoms with van der Waals surface area (Å²) in [5.74, 6) is 0.918. The molecule has 0 aliphatic carbocycles. The van der Waals surface area contributed by atoms with Crippen molar-refractivity contribution >= 4 is 17.0 Å². The van der Waals surface area contributed by atoms with Gasteiger partial charge in [0.15, 0.2) is 0 Å². The number of anilines is 1. The highest BCUT2D eigenvalue weighted by Gasteiger charge is 2.15. The first-order valence-electron chi connectivity index (χ1n) is 8.93. The van der Waals surface area contributed by atoms with Gasteiger partial charge < -0.3 is 10.5 Å². The number of nitrogens with zero attached hydrogens (tertiary/aromatic N) is 3. The number of hydrogen-bond acceptors (Lipinski definition) is 5. The zero-order valence-corrected chi connectivity index (χ0v) is 15.7. The van der Waals surface area contributed by atoms with Gasteiger partial charge in [-0.3, -0.25) is 9.36 Å². The quantitative estimate of drug-likeness (QED) is 0.594. The Morgan fingerprint density at radius 1 is 1.04 bits per heavy atom. The van der Waals surface area contributed by atoms with E-state index in [1.54, 1.807) is 11.7 Å². The van der Waals surface area contributed by atoms with Crippen LogP contribution in [0.4, 0.5) is 5.95 Å². The Hall–Kier alpha value is -3.67. The maximum Gasteiger partial charge on any atom is 0.260 e. The van der Waals surface area contributed by atoms with Crippen molar-refractivity contribution in [3.8, 4) is 16.9 Å². The third-order valence-corrected chi connectivity index (χ3v) is 4.74. The number of methoxy groups -OCH3 is 1. The first-order chi connectivity index (χ1) is 13.6. The van der Waals surface area contributed by atoms with Gasteiger partial charge in [-0.15, -0.1) is 0 Å². The summed E-state index contributed by atoms with van der Waals surface area (Å²) in [6.07, 6.45) is 0. The van der Waals surface area contributed by atoms with Crippen LogP contribution < -0.4 is 16.0 Å². The second-order valence-electron chi connectivity index (χ2n) is 6.57. The first kappa shape index (κ1) is 17.7. The number of benzene rings is 2. The van der Waals surface area contributed by atoms with Gasteiger partial charge in [0.1, 0.15) is 11.4 Å². The summed E-state index contributed by atoms with van der Waals surface area (Å²) in [6, 6.07) is 19.1. The Morgan fingerprint density at radius 2 is 1.75 bits per heavy atom. The van der Waals surface area contributed by atoms with Gasteiger partial charge in [0.25, 0.3) is 5.56 Å². The molecule has 0 amide bonds. The van der Waals surface area contributed by atoms with Crippen molar-refractivity contribution in [1.82, 2.24) is 14.5 Å². The summed E-state index contributed by atoms with van der Waals surface area (Å²) in [4.78, 5) is 22.0. The predicted octanol–water partition coefficient (Wildman–Crippen LogP) is 3.41. The highest BCUT2D eigenvalue weighted by Crippen LogP contribution is 2.23. The minimum Gasteiger partial charge on any atom is -0.497 e. The molecule has 4 rings (SSSR count). The molecule has 6 nitrogen and oxygen atoms in total. The summed E-state index contributed by atoms with van der Waals surface area (Å²) in [6.45, 7) is 2.24. The molecule has 0 spiro atoms. The predicted molar refractivity (Wildman–Crippen MR) is 110 cm³/mol. The van der Waals surface area contributed by atoms with Gasteiger partial charge >= 0.3 is 0 Å². The highest BCUT2D eigenvalue weighted by molar-refractivity contribution is 5.84. The molecule has 2 heterocycles. The molecule has 140 valence electrons. The van der Waals surface area contributed by atoms with E-state index >= 15 is 0 Å². The van der Waals surface area contributed by atoms with Gasteiger partial charge in [-0.05, 0) is 36.2 Å². The van der Waals surface area contributed by atoms with Crippen molar-refractivity contribution in [2.75, 3.05) is 12.8 Å². The average molecular weight is 372 g/mol. The molecule has 0 fully saturated rings. The Kier molecular flexibility index (Phi) is 4.53. The fourth-order valence-corrected chi connectivity index (χ4v) is 3.29. The third kappa shape index (κ3) is 3.20. The first-order valence-corrected chi connectivity index (χ1v) is 8.93. The zero-order valence-electron chi connectivity index (χ0n) is 15.7. The zero-order chi connectivity index (χ0) is 19.7. The van der Waals surface area contributed by atoms with Crippen LogP contribution in [0.1, 0.15) is 11.3 Å². The second kappa shape index (κ2) is 7.15. The summed E-state index contributed by atoms with van der Waals surface area (Å²) in [5, 5.41) is 0.807. The van der Waals surface area contributed by atoms with E-state index in [9.17, 15) is 4.79 Å². The fourth-order valence-electron chi connectivity index (χ4n) is 3.29. The van der Waals surface area contributed by atoms with Crippen LogP contribution >= 0.6 is 0 Å². The van der Waals surface area contributed by atoms with E-state index in [1.165, 1.54) is 0 Å². The number of nitrogen functional groups attached to an aromatic ring is 1. The number of ether oxygens (including phenoxy) is 1. The van der Waals surface area contributed by atoms with Gasteiger partial charge in [0.2, 0.25) is 5.95 Å². The van der Waals surface area contributed by atoms with Crippen LogP contribution in [-0.2, 0) is 6.54 Å². The molecule has 0 aliphatic rings. The van der Waals surface area contributed by atoms with Crippen LogP contribution in [0, 0.1) is 6.92 Å². The molecule has 0 unspecified atom stereocenters. The molecule has 4 aromatic rings. The molecule has 0 saturated heterocycles. The lowest BCUT2D eigenvalue weighted by Crippen LogP contribution is -2.24. The fraction of sp³-hybridized carbons (Fsp3) is 0.136. The molecule has 2 aromatic heterocycles. The molecule has 0 atom stereocenters. The topological polar surface area (TPSA) is 83.0 Å². The summed E-state index contributed by atoms with van der Waals surface area (Å²) in [7, 11) is 1.62. The summed E-state index contributed by atoms with van der Waals surface area (Å²) >= 11 is 0. The Morgan fingerprint density at radius 3 is 2.43 bits per heavy atom. The molecule has 6 heteroatoms. The number of pyridine rings is 1. The van der Waals surface area contributed by atoms with Crippen molar-refractivity contribution in [1.29, 1.82) is 0 Å². The lowest BCUT2D eigenvalue weighted by atomic mass is 10.0. The van der Waals surface area contributed by atoms with E-state index < -0.39 is 0 Å². The molecular weight excluding hydrogens is 352 g/mol. The molecule has 0 bridgehead atoms. The number of aromatic nitrogens is 3. The van der Waals surface area contributed by atoms with Gasteiger partial charge in [0.05, 0.1) is 19.3 Å². The minimum atomic E-state index is -0.119. The number of hydrogen-bond donors (Lipinski definition) is 1. The molecule has 0 aliphatic heterocycles. The van der Waals surface area contributed by atoms with Gasteiger partial charge in [-0.1, -0.05) is 42.5 Å². The summed E-state index contributed by atoms with van der Waals surface area (Å²) in [5.41, 5.74) is 9.45. The monoisotopic (exact) mass is 372 g/mol. The summed E-state index contributed by atoms with van der Waals surface area (Å²) < 4.78 is 6.87. The van der Waals surface area contributed by atoms with E-state index in [2.05, 4.69) is 9.97 Å². The van der Waals surface area contributed by atoms with Crippen LogP contribution in [0.15, 0.2) is 65.5 Å². The third-order valence-electron chi connectivity index (χ3n) is 4.74. The van der Waals surface area contributed by atoms with Crippen molar-refractivity contribution < 1.29 is 4.74 Å². The number of nitrogens with two attached hydrogens (primary N) is 1. The number of rotatable bonds is 4. The van der Waals surface area contributed by atoms with E-state index in [0.29, 0.717) is 17.8 Å². The van der Waals surface area contributed by atoms with Gasteiger partial charge in [0, 0.05) is 10.9 Å². The lowest BCUT2D eigenvalue weighted by molar-refractivity contribution is 0.414. The van der Waals surface area contributed by atoms with Crippen LogP contribution in [-0.4, -0.2) is 21.6 Å². The van der Waals surface area contributed by atoms with Gasteiger partial charge in [-0.2, -0.15) is 4.98 Å². The molecular formula is C22H20N4O2. The van der Waals surface area contributed by atoms with E-state index in [4.69, 9.17) is 10.5 Å². The number of fused-ring (bicyclic) bond motifs is 1. The lowest BCUT2D eigenvalue weighted by Gasteiger charge is -2.14. The van der Waals surface area contributed by atoms with E-state index in [0.717, 1.165) is 28.0 Å². The molecule has 2 N–H and O–H groups in total. The molecule has 2 aromatic carbocycles. The average Bonchev–Trinajstić information content (AvgIpc) is 2.71. The van der Waals surface area contributed by atoms with Crippen LogP contribution in [0.25, 0.3) is 22.2 Å². The largest absolute Gasteiger partial charge is 0.497 e. The molecule has 28 heavy (non-hydrogen) atoms. The second-order valence-corrected chi connectivity index (χ2v) is 6.57. The SMILES string of the molecule is COc1ccc(Cn2c(=O)c(-c3ccccc3)cc3c(C)nc(N)nc32)cc1. The van der Waals surface area contributed by atoms with Crippen molar-refractivity contribution in [3.05, 3.63) is 82.3 Å². The van der Waals surface area contributed by atoms with Crippen LogP contribution in [0.3, 0.4) is 0 Å². The smallest absolute Gasteiger partial charge is 0.260 e. The van der Waals surface area contributed by atoms with E-state index in [1.807, 2.05) is 67.6 Å².